The maximum Gasteiger partial charge on any atom is 0.237 e. The third kappa shape index (κ3) is 2.86. The van der Waals surface area contributed by atoms with E-state index in [-0.39, 0.29) is 12.6 Å². The van der Waals surface area contributed by atoms with Crippen LogP contribution in [0.3, 0.4) is 0 Å². The number of carbonyl (C=O) groups is 1. The quantitative estimate of drug-likeness (QED) is 0.854. The summed E-state index contributed by atoms with van der Waals surface area (Å²) in [7, 11) is 0. The molecule has 0 aromatic heterocycles. The Hall–Kier alpha value is -0.610. The molecule has 4 heteroatoms. The molecule has 2 unspecified atom stereocenters. The summed E-state index contributed by atoms with van der Waals surface area (Å²) in [5, 5.41) is 9.38. The maximum atomic E-state index is 12.7. The van der Waals surface area contributed by atoms with Gasteiger partial charge in [-0.3, -0.25) is 9.69 Å². The molecule has 3 atom stereocenters. The fourth-order valence-corrected chi connectivity index (χ4v) is 4.51. The van der Waals surface area contributed by atoms with Crippen molar-refractivity contribution in [2.75, 3.05) is 26.2 Å². The van der Waals surface area contributed by atoms with Gasteiger partial charge in [0.2, 0.25) is 5.91 Å². The molecule has 1 saturated carbocycles. The molecule has 0 spiro atoms. The molecule has 3 aliphatic rings. The Morgan fingerprint density at radius 3 is 2.60 bits per heavy atom. The van der Waals surface area contributed by atoms with Crippen LogP contribution in [0.4, 0.5) is 0 Å². The average molecular weight is 280 g/mol. The van der Waals surface area contributed by atoms with Gasteiger partial charge in [-0.1, -0.05) is 12.8 Å². The number of nitrogens with zero attached hydrogens (tertiary/aromatic N) is 2. The Bertz CT molecular complexity index is 345. The number of fused-ring (bicyclic) bond motifs is 1. The van der Waals surface area contributed by atoms with Crippen molar-refractivity contribution in [1.29, 1.82) is 0 Å². The smallest absolute Gasteiger partial charge is 0.237 e. The maximum absolute atomic E-state index is 12.7. The number of piperidine rings is 1. The Balaban J connectivity index is 1.60. The third-order valence-corrected chi connectivity index (χ3v) is 5.61. The Kier molecular flexibility index (Phi) is 4.61. The standard InChI is InChI=1S/C16H28N2O2/c19-12-14-7-4-9-17(14)11-16(20)18-10-3-6-13-5-1-2-8-15(13)18/h13-15,19H,1-12H2/t13?,14-,15?/m1/s1. The number of carbonyl (C=O) groups excluding carboxylic acids is 1. The van der Waals surface area contributed by atoms with E-state index in [9.17, 15) is 9.90 Å². The highest BCUT2D eigenvalue weighted by molar-refractivity contribution is 5.78. The van der Waals surface area contributed by atoms with Crippen LogP contribution >= 0.6 is 0 Å². The molecule has 1 aliphatic carbocycles. The summed E-state index contributed by atoms with van der Waals surface area (Å²) in [6.45, 7) is 2.64. The van der Waals surface area contributed by atoms with Crippen LogP contribution in [0, 0.1) is 5.92 Å². The molecule has 0 bridgehead atoms. The largest absolute Gasteiger partial charge is 0.395 e. The average Bonchev–Trinajstić information content (AvgIpc) is 2.93. The second-order valence-electron chi connectivity index (χ2n) is 6.79. The summed E-state index contributed by atoms with van der Waals surface area (Å²) in [6.07, 6.45) is 9.81. The summed E-state index contributed by atoms with van der Waals surface area (Å²) in [5.74, 6) is 1.07. The lowest BCUT2D eigenvalue weighted by molar-refractivity contribution is -0.139. The van der Waals surface area contributed by atoms with Gasteiger partial charge in [-0.05, 0) is 51.0 Å². The van der Waals surface area contributed by atoms with E-state index >= 15 is 0 Å². The molecule has 114 valence electrons. The van der Waals surface area contributed by atoms with Gasteiger partial charge in [0.15, 0.2) is 0 Å². The summed E-state index contributed by atoms with van der Waals surface area (Å²) < 4.78 is 0. The lowest BCUT2D eigenvalue weighted by Gasteiger charge is -2.44. The fourth-order valence-electron chi connectivity index (χ4n) is 4.51. The van der Waals surface area contributed by atoms with Crippen LogP contribution in [0.15, 0.2) is 0 Å². The van der Waals surface area contributed by atoms with Crippen molar-refractivity contribution >= 4 is 5.91 Å². The topological polar surface area (TPSA) is 43.8 Å². The van der Waals surface area contributed by atoms with E-state index in [0.717, 1.165) is 31.8 Å². The third-order valence-electron chi connectivity index (χ3n) is 5.61. The van der Waals surface area contributed by atoms with Crippen LogP contribution in [-0.4, -0.2) is 59.1 Å². The zero-order chi connectivity index (χ0) is 13.9. The molecule has 0 aromatic carbocycles. The minimum absolute atomic E-state index is 0.194. The predicted molar refractivity (Wildman–Crippen MR) is 78.4 cm³/mol. The second kappa shape index (κ2) is 6.44. The van der Waals surface area contributed by atoms with E-state index in [0.29, 0.717) is 18.5 Å². The van der Waals surface area contributed by atoms with Gasteiger partial charge in [0.1, 0.15) is 0 Å². The van der Waals surface area contributed by atoms with Crippen molar-refractivity contribution in [3.63, 3.8) is 0 Å². The van der Waals surface area contributed by atoms with Crippen molar-refractivity contribution in [2.45, 2.75) is 63.5 Å². The van der Waals surface area contributed by atoms with Gasteiger partial charge < -0.3 is 10.0 Å². The molecule has 1 amide bonds. The zero-order valence-electron chi connectivity index (χ0n) is 12.5. The first-order valence-electron chi connectivity index (χ1n) is 8.44. The first-order chi connectivity index (χ1) is 9.79. The molecular weight excluding hydrogens is 252 g/mol. The lowest BCUT2D eigenvalue weighted by atomic mass is 9.78. The van der Waals surface area contributed by atoms with E-state index in [2.05, 4.69) is 9.80 Å². The minimum Gasteiger partial charge on any atom is -0.395 e. The second-order valence-corrected chi connectivity index (χ2v) is 6.79. The molecule has 1 N–H and O–H groups in total. The number of rotatable bonds is 3. The highest BCUT2D eigenvalue weighted by Crippen LogP contribution is 2.35. The Labute approximate surface area is 122 Å². The van der Waals surface area contributed by atoms with Crippen molar-refractivity contribution in [1.82, 2.24) is 9.80 Å². The zero-order valence-corrected chi connectivity index (χ0v) is 12.5. The molecule has 2 heterocycles. The molecule has 4 nitrogen and oxygen atoms in total. The van der Waals surface area contributed by atoms with Crippen molar-refractivity contribution in [3.8, 4) is 0 Å². The van der Waals surface area contributed by atoms with E-state index < -0.39 is 0 Å². The Morgan fingerprint density at radius 2 is 1.75 bits per heavy atom. The summed E-state index contributed by atoms with van der Waals surface area (Å²) >= 11 is 0. The molecule has 3 rings (SSSR count). The van der Waals surface area contributed by atoms with Crippen LogP contribution < -0.4 is 0 Å². The number of aliphatic hydroxyl groups is 1. The van der Waals surface area contributed by atoms with Crippen LogP contribution in [-0.2, 0) is 4.79 Å². The highest BCUT2D eigenvalue weighted by Gasteiger charge is 2.36. The summed E-state index contributed by atoms with van der Waals surface area (Å²) in [5.41, 5.74) is 0. The van der Waals surface area contributed by atoms with Crippen molar-refractivity contribution < 1.29 is 9.90 Å². The van der Waals surface area contributed by atoms with E-state index in [1.165, 1.54) is 38.5 Å². The molecule has 2 saturated heterocycles. The number of hydrogen-bond donors (Lipinski definition) is 1. The van der Waals surface area contributed by atoms with E-state index in [1.807, 2.05) is 0 Å². The highest BCUT2D eigenvalue weighted by atomic mass is 16.3. The van der Waals surface area contributed by atoms with Gasteiger partial charge in [0, 0.05) is 18.6 Å². The van der Waals surface area contributed by atoms with Crippen molar-refractivity contribution in [2.24, 2.45) is 5.92 Å². The first-order valence-corrected chi connectivity index (χ1v) is 8.44. The van der Waals surface area contributed by atoms with Crippen LogP contribution in [0.5, 0.6) is 0 Å². The number of likely N-dealkylation sites (tertiary alicyclic amines) is 2. The Morgan fingerprint density at radius 1 is 1.00 bits per heavy atom. The van der Waals surface area contributed by atoms with Gasteiger partial charge in [-0.2, -0.15) is 0 Å². The molecule has 20 heavy (non-hydrogen) atoms. The molecule has 2 aliphatic heterocycles. The van der Waals surface area contributed by atoms with Gasteiger partial charge in [-0.15, -0.1) is 0 Å². The fraction of sp³-hybridized carbons (Fsp3) is 0.938. The lowest BCUT2D eigenvalue weighted by Crippen LogP contribution is -2.53. The number of aliphatic hydroxyl groups excluding tert-OH is 1. The van der Waals surface area contributed by atoms with Gasteiger partial charge in [-0.25, -0.2) is 0 Å². The molecule has 0 aromatic rings. The number of amides is 1. The van der Waals surface area contributed by atoms with Gasteiger partial charge >= 0.3 is 0 Å². The van der Waals surface area contributed by atoms with Crippen molar-refractivity contribution in [3.05, 3.63) is 0 Å². The van der Waals surface area contributed by atoms with Crippen LogP contribution in [0.1, 0.15) is 51.4 Å². The summed E-state index contributed by atoms with van der Waals surface area (Å²) in [4.78, 5) is 17.0. The first kappa shape index (κ1) is 14.3. The summed E-state index contributed by atoms with van der Waals surface area (Å²) in [6, 6.07) is 0.728. The van der Waals surface area contributed by atoms with Gasteiger partial charge in [0.05, 0.1) is 13.2 Å². The van der Waals surface area contributed by atoms with E-state index in [1.54, 1.807) is 0 Å². The number of hydrogen-bond acceptors (Lipinski definition) is 3. The minimum atomic E-state index is 0.194. The van der Waals surface area contributed by atoms with Crippen LogP contribution in [0.2, 0.25) is 0 Å². The molecular formula is C16H28N2O2. The van der Waals surface area contributed by atoms with E-state index in [4.69, 9.17) is 0 Å². The van der Waals surface area contributed by atoms with Crippen LogP contribution in [0.25, 0.3) is 0 Å². The SMILES string of the molecule is O=C(CN1CCC[C@@H]1CO)N1CCCC2CCCCC21. The molecule has 3 fully saturated rings. The monoisotopic (exact) mass is 280 g/mol. The molecule has 0 radical (unpaired) electrons. The normalized spacial score (nSPS) is 35.0. The van der Waals surface area contributed by atoms with Gasteiger partial charge in [0.25, 0.3) is 0 Å². The predicted octanol–water partition coefficient (Wildman–Crippen LogP) is 1.62.